The van der Waals surface area contributed by atoms with Crippen LogP contribution >= 0.6 is 12.4 Å². The van der Waals surface area contributed by atoms with Gasteiger partial charge in [-0.2, -0.15) is 0 Å². The van der Waals surface area contributed by atoms with E-state index in [1.807, 2.05) is 24.3 Å². The average Bonchev–Trinajstić information content (AvgIpc) is 2.67. The minimum absolute atomic E-state index is 0. The van der Waals surface area contributed by atoms with Crippen LogP contribution in [-0.4, -0.2) is 68.1 Å². The fraction of sp³-hybridized carbons (Fsp3) is 0.650. The number of rotatable bonds is 5. The van der Waals surface area contributed by atoms with E-state index in [1.165, 1.54) is 32.1 Å². The zero-order valence-corrected chi connectivity index (χ0v) is 16.8. The van der Waals surface area contributed by atoms with Gasteiger partial charge in [0.2, 0.25) is 0 Å². The van der Waals surface area contributed by atoms with Crippen molar-refractivity contribution in [2.75, 3.05) is 46.9 Å². The maximum atomic E-state index is 12.6. The molecule has 1 heterocycles. The molecule has 26 heavy (non-hydrogen) atoms. The Bertz CT molecular complexity index is 565. The van der Waals surface area contributed by atoms with Crippen LogP contribution in [0.4, 0.5) is 0 Å². The van der Waals surface area contributed by atoms with Crippen LogP contribution in [0.15, 0.2) is 24.3 Å². The highest BCUT2D eigenvalue weighted by Crippen LogP contribution is 2.34. The van der Waals surface area contributed by atoms with Gasteiger partial charge in [-0.15, -0.1) is 12.4 Å². The van der Waals surface area contributed by atoms with E-state index in [0.717, 1.165) is 38.5 Å². The first-order valence-electron chi connectivity index (χ1n) is 9.49. The topological polar surface area (TPSA) is 44.8 Å². The highest BCUT2D eigenvalue weighted by atomic mass is 35.5. The summed E-state index contributed by atoms with van der Waals surface area (Å²) < 4.78 is 5.17. The zero-order valence-electron chi connectivity index (χ0n) is 16.0. The van der Waals surface area contributed by atoms with Crippen LogP contribution in [0, 0.1) is 0 Å². The van der Waals surface area contributed by atoms with Gasteiger partial charge in [0.05, 0.1) is 7.11 Å². The lowest BCUT2D eigenvalue weighted by Gasteiger charge is -2.49. The molecule has 1 aromatic carbocycles. The Morgan fingerprint density at radius 2 is 1.69 bits per heavy atom. The molecule has 0 spiro atoms. The van der Waals surface area contributed by atoms with Crippen LogP contribution in [0.5, 0.6) is 5.75 Å². The van der Waals surface area contributed by atoms with Crippen molar-refractivity contribution in [1.29, 1.82) is 0 Å². The standard InChI is InChI=1S/C20H31N3O2.ClH/c1-22-12-14-23(15-13-22)20(10-4-3-5-11-20)16-21-19(24)17-6-8-18(25-2)9-7-17;/h6-9H,3-5,10-16H2,1-2H3,(H,21,24);1H. The first-order chi connectivity index (χ1) is 12.1. The van der Waals surface area contributed by atoms with Crippen molar-refractivity contribution >= 4 is 18.3 Å². The summed E-state index contributed by atoms with van der Waals surface area (Å²) in [5, 5.41) is 3.22. The second kappa shape index (κ2) is 9.58. The van der Waals surface area contributed by atoms with Crippen LogP contribution in [0.2, 0.25) is 0 Å². The quantitative estimate of drug-likeness (QED) is 0.851. The maximum Gasteiger partial charge on any atom is 0.251 e. The number of hydrogen-bond donors (Lipinski definition) is 1. The van der Waals surface area contributed by atoms with Gasteiger partial charge in [0.25, 0.3) is 5.91 Å². The van der Waals surface area contributed by atoms with Crippen molar-refractivity contribution in [2.45, 2.75) is 37.6 Å². The first-order valence-corrected chi connectivity index (χ1v) is 9.49. The highest BCUT2D eigenvalue weighted by molar-refractivity contribution is 5.94. The first kappa shape index (κ1) is 21.0. The molecule has 1 aromatic rings. The number of likely N-dealkylation sites (N-methyl/N-ethyl adjacent to an activating group) is 1. The van der Waals surface area contributed by atoms with Crippen LogP contribution < -0.4 is 10.1 Å². The molecule has 0 unspecified atom stereocenters. The van der Waals surface area contributed by atoms with Gasteiger partial charge in [-0.25, -0.2) is 0 Å². The number of piperazine rings is 1. The van der Waals surface area contributed by atoms with E-state index in [2.05, 4.69) is 22.2 Å². The lowest BCUT2D eigenvalue weighted by atomic mass is 9.79. The number of nitrogens with zero attached hydrogens (tertiary/aromatic N) is 2. The van der Waals surface area contributed by atoms with Crippen molar-refractivity contribution in [3.05, 3.63) is 29.8 Å². The molecule has 0 atom stereocenters. The van der Waals surface area contributed by atoms with Gasteiger partial charge in [0.15, 0.2) is 0 Å². The Morgan fingerprint density at radius 1 is 1.08 bits per heavy atom. The number of carbonyl (C=O) groups is 1. The van der Waals surface area contributed by atoms with E-state index in [1.54, 1.807) is 7.11 Å². The second-order valence-electron chi connectivity index (χ2n) is 7.49. The van der Waals surface area contributed by atoms with Gasteiger partial charge < -0.3 is 15.0 Å². The molecule has 0 bridgehead atoms. The smallest absolute Gasteiger partial charge is 0.251 e. The van der Waals surface area contributed by atoms with E-state index in [4.69, 9.17) is 4.74 Å². The van der Waals surface area contributed by atoms with Gasteiger partial charge in [0.1, 0.15) is 5.75 Å². The molecule has 6 heteroatoms. The van der Waals surface area contributed by atoms with E-state index >= 15 is 0 Å². The van der Waals surface area contributed by atoms with Crippen molar-refractivity contribution in [1.82, 2.24) is 15.1 Å². The van der Waals surface area contributed by atoms with Crippen LogP contribution in [0.3, 0.4) is 0 Å². The lowest BCUT2D eigenvalue weighted by molar-refractivity contribution is 0.0138. The van der Waals surface area contributed by atoms with Crippen LogP contribution in [0.1, 0.15) is 42.5 Å². The van der Waals surface area contributed by atoms with Crippen molar-refractivity contribution in [3.63, 3.8) is 0 Å². The normalized spacial score (nSPS) is 20.8. The summed E-state index contributed by atoms with van der Waals surface area (Å²) in [5.41, 5.74) is 0.840. The van der Waals surface area contributed by atoms with E-state index in [0.29, 0.717) is 5.56 Å². The predicted octanol–water partition coefficient (Wildman–Crippen LogP) is 2.80. The lowest BCUT2D eigenvalue weighted by Crippen LogP contribution is -2.61. The Balaban J connectivity index is 0.00000243. The average molecular weight is 382 g/mol. The maximum absolute atomic E-state index is 12.6. The molecule has 2 fully saturated rings. The summed E-state index contributed by atoms with van der Waals surface area (Å²) in [6, 6.07) is 7.34. The molecule has 5 nitrogen and oxygen atoms in total. The zero-order chi connectivity index (χ0) is 17.7. The third-order valence-electron chi connectivity index (χ3n) is 5.89. The number of halogens is 1. The molecule has 1 saturated heterocycles. The van der Waals surface area contributed by atoms with Gasteiger partial charge in [-0.3, -0.25) is 9.69 Å². The van der Waals surface area contributed by atoms with Gasteiger partial charge in [0, 0.05) is 43.8 Å². The van der Waals surface area contributed by atoms with Gasteiger partial charge in [-0.05, 0) is 44.2 Å². The van der Waals surface area contributed by atoms with E-state index < -0.39 is 0 Å². The molecule has 1 aliphatic carbocycles. The minimum atomic E-state index is 0. The Labute approximate surface area is 163 Å². The minimum Gasteiger partial charge on any atom is -0.497 e. The molecule has 1 amide bonds. The summed E-state index contributed by atoms with van der Waals surface area (Å²) in [6.45, 7) is 5.20. The molecular formula is C20H32ClN3O2. The van der Waals surface area contributed by atoms with E-state index in [9.17, 15) is 4.79 Å². The number of ether oxygens (including phenoxy) is 1. The molecule has 3 rings (SSSR count). The van der Waals surface area contributed by atoms with E-state index in [-0.39, 0.29) is 23.9 Å². The van der Waals surface area contributed by atoms with Crippen molar-refractivity contribution in [3.8, 4) is 5.75 Å². The number of nitrogens with one attached hydrogen (secondary N) is 1. The third-order valence-corrected chi connectivity index (χ3v) is 5.89. The van der Waals surface area contributed by atoms with Gasteiger partial charge in [-0.1, -0.05) is 19.3 Å². The number of benzene rings is 1. The van der Waals surface area contributed by atoms with Crippen LogP contribution in [-0.2, 0) is 0 Å². The summed E-state index contributed by atoms with van der Waals surface area (Å²) in [4.78, 5) is 17.6. The summed E-state index contributed by atoms with van der Waals surface area (Å²) >= 11 is 0. The fourth-order valence-electron chi connectivity index (χ4n) is 4.18. The molecule has 1 aliphatic heterocycles. The van der Waals surface area contributed by atoms with Crippen molar-refractivity contribution < 1.29 is 9.53 Å². The largest absolute Gasteiger partial charge is 0.497 e. The molecule has 1 N–H and O–H groups in total. The van der Waals surface area contributed by atoms with Crippen molar-refractivity contribution in [2.24, 2.45) is 0 Å². The monoisotopic (exact) mass is 381 g/mol. The Morgan fingerprint density at radius 3 is 2.27 bits per heavy atom. The Kier molecular flexibility index (Phi) is 7.74. The number of methoxy groups -OCH3 is 1. The highest BCUT2D eigenvalue weighted by Gasteiger charge is 2.39. The molecule has 2 aliphatic rings. The summed E-state index contributed by atoms with van der Waals surface area (Å²) in [5.74, 6) is 0.791. The SMILES string of the molecule is COc1ccc(C(=O)NCC2(N3CCN(C)CC3)CCCCC2)cc1.Cl. The third kappa shape index (κ3) is 4.90. The van der Waals surface area contributed by atoms with Gasteiger partial charge >= 0.3 is 0 Å². The summed E-state index contributed by atoms with van der Waals surface area (Å²) in [7, 11) is 3.83. The number of amides is 1. The molecule has 0 aromatic heterocycles. The second-order valence-corrected chi connectivity index (χ2v) is 7.49. The number of hydrogen-bond acceptors (Lipinski definition) is 4. The molecule has 146 valence electrons. The van der Waals surface area contributed by atoms with Crippen LogP contribution in [0.25, 0.3) is 0 Å². The molecular weight excluding hydrogens is 350 g/mol. The molecule has 0 radical (unpaired) electrons. The fourth-order valence-corrected chi connectivity index (χ4v) is 4.18. The number of carbonyl (C=O) groups excluding carboxylic acids is 1. The Hall–Kier alpha value is -1.30. The molecule has 1 saturated carbocycles. The predicted molar refractivity (Wildman–Crippen MR) is 107 cm³/mol. The summed E-state index contributed by atoms with van der Waals surface area (Å²) in [6.07, 6.45) is 6.25.